The van der Waals surface area contributed by atoms with Crippen molar-refractivity contribution in [2.75, 3.05) is 17.2 Å². The van der Waals surface area contributed by atoms with Crippen molar-refractivity contribution in [3.63, 3.8) is 0 Å². The topological polar surface area (TPSA) is 202 Å². The molecule has 4 rings (SSSR count). The molecule has 0 aromatic carbocycles. The molecule has 0 saturated carbocycles. The molecule has 168 valence electrons. The molecule has 2 aromatic rings. The Morgan fingerprint density at radius 3 is 2.84 bits per heavy atom. The van der Waals surface area contributed by atoms with Crippen LogP contribution >= 0.6 is 35.1 Å². The van der Waals surface area contributed by atoms with Crippen molar-refractivity contribution < 1.29 is 24.7 Å². The van der Waals surface area contributed by atoms with Crippen molar-refractivity contribution in [2.24, 2.45) is 12.2 Å². The molecular formula is C15H15N9O5S3. The van der Waals surface area contributed by atoms with Crippen LogP contribution in [0.3, 0.4) is 0 Å². The van der Waals surface area contributed by atoms with Crippen LogP contribution in [0.15, 0.2) is 27.6 Å². The standard InChI is InChI=1S/C15H15N9O5S3/c1-23-15(18-21-22-23)31-4-5-3-30-13-9(12(26)24(13)10(5)14(27)28)17-11(25)8(19-29)6-2-7(16)32-20-6/h2,9,13,29H,3-4,16H2,1H3,(H,17,25)(H,27,28)/b19-8-/t9-,13-/m1/s1. The van der Waals surface area contributed by atoms with Crippen molar-refractivity contribution in [3.8, 4) is 0 Å². The number of nitrogens with two attached hydrogens (primary N) is 1. The Bertz CT molecular complexity index is 1160. The first-order chi connectivity index (χ1) is 15.3. The Morgan fingerprint density at radius 2 is 2.25 bits per heavy atom. The van der Waals surface area contributed by atoms with Gasteiger partial charge in [0.05, 0.1) is 0 Å². The summed E-state index contributed by atoms with van der Waals surface area (Å²) in [7, 11) is 1.66. The Morgan fingerprint density at radius 1 is 1.47 bits per heavy atom. The van der Waals surface area contributed by atoms with Crippen molar-refractivity contribution in [1.29, 1.82) is 0 Å². The van der Waals surface area contributed by atoms with E-state index in [0.717, 1.165) is 16.4 Å². The first-order valence-electron chi connectivity index (χ1n) is 8.82. The van der Waals surface area contributed by atoms with Crippen LogP contribution in [0.1, 0.15) is 5.69 Å². The third-order valence-electron chi connectivity index (χ3n) is 4.58. The van der Waals surface area contributed by atoms with Crippen LogP contribution in [0, 0.1) is 0 Å². The molecule has 0 radical (unpaired) electrons. The lowest BCUT2D eigenvalue weighted by atomic mass is 10.0. The molecule has 32 heavy (non-hydrogen) atoms. The van der Waals surface area contributed by atoms with Crippen LogP contribution in [0.4, 0.5) is 5.00 Å². The van der Waals surface area contributed by atoms with Gasteiger partial charge in [-0.15, -0.1) is 16.9 Å². The number of rotatable bonds is 7. The van der Waals surface area contributed by atoms with Gasteiger partial charge in [0.1, 0.15) is 27.8 Å². The zero-order chi connectivity index (χ0) is 23.0. The molecule has 2 amide bonds. The fourth-order valence-corrected chi connectivity index (χ4v) is 5.96. The third kappa shape index (κ3) is 3.89. The van der Waals surface area contributed by atoms with E-state index in [0.29, 0.717) is 21.5 Å². The van der Waals surface area contributed by atoms with E-state index in [1.54, 1.807) is 7.05 Å². The maximum Gasteiger partial charge on any atom is 0.352 e. The molecule has 2 aliphatic rings. The van der Waals surface area contributed by atoms with Crippen LogP contribution in [-0.4, -0.2) is 86.2 Å². The first-order valence-corrected chi connectivity index (χ1v) is 11.6. The zero-order valence-corrected chi connectivity index (χ0v) is 18.6. The molecule has 2 aromatic heterocycles. The molecule has 1 fully saturated rings. The average molecular weight is 498 g/mol. The number of amides is 2. The van der Waals surface area contributed by atoms with Crippen LogP contribution in [0.25, 0.3) is 0 Å². The number of oxime groups is 1. The summed E-state index contributed by atoms with van der Waals surface area (Å²) < 4.78 is 5.37. The number of carboxylic acids is 1. The minimum Gasteiger partial charge on any atom is -0.477 e. The summed E-state index contributed by atoms with van der Waals surface area (Å²) in [5, 5.41) is 35.7. The van der Waals surface area contributed by atoms with E-state index in [1.165, 1.54) is 34.3 Å². The Hall–Kier alpha value is -3.18. The number of nitrogens with zero attached hydrogens (tertiary/aromatic N) is 7. The normalized spacial score (nSPS) is 20.7. The summed E-state index contributed by atoms with van der Waals surface area (Å²) in [6.45, 7) is 0. The van der Waals surface area contributed by atoms with Gasteiger partial charge in [0, 0.05) is 24.6 Å². The molecule has 17 heteroatoms. The Balaban J connectivity index is 1.48. The number of carbonyl (C=O) groups is 3. The maximum absolute atomic E-state index is 12.8. The van der Waals surface area contributed by atoms with Gasteiger partial charge in [0.2, 0.25) is 5.16 Å². The second kappa shape index (κ2) is 8.75. The molecule has 2 atom stereocenters. The van der Waals surface area contributed by atoms with E-state index >= 15 is 0 Å². The molecule has 4 heterocycles. The van der Waals surface area contributed by atoms with E-state index < -0.39 is 34.9 Å². The molecule has 1 saturated heterocycles. The van der Waals surface area contributed by atoms with Gasteiger partial charge in [-0.3, -0.25) is 14.5 Å². The zero-order valence-electron chi connectivity index (χ0n) is 16.2. The number of β-lactam (4-membered cyclic amide) rings is 1. The largest absolute Gasteiger partial charge is 0.477 e. The number of aliphatic carboxylic acids is 1. The van der Waals surface area contributed by atoms with Crippen LogP contribution in [-0.2, 0) is 21.4 Å². The summed E-state index contributed by atoms with van der Waals surface area (Å²) in [6.07, 6.45) is 0. The van der Waals surface area contributed by atoms with Gasteiger partial charge < -0.3 is 21.4 Å². The Kier molecular flexibility index (Phi) is 6.02. The number of carbonyl (C=O) groups excluding carboxylic acids is 2. The minimum atomic E-state index is -1.24. The minimum absolute atomic E-state index is 0.0659. The summed E-state index contributed by atoms with van der Waals surface area (Å²) in [5.74, 6) is -2.03. The van der Waals surface area contributed by atoms with Gasteiger partial charge in [0.15, 0.2) is 5.71 Å². The number of fused-ring (bicyclic) bond motifs is 1. The quantitative estimate of drug-likeness (QED) is 0.119. The second-order valence-corrected chi connectivity index (χ2v) is 9.44. The SMILES string of the molecule is Cn1nnnc1SCC1=C(C(=O)O)N2C(=O)[C@@H](NC(=O)/C(=N\O)c3cc(N)sn3)[C@H]2SC1. The van der Waals surface area contributed by atoms with Gasteiger partial charge in [-0.2, -0.15) is 4.37 Å². The first kappa shape index (κ1) is 22.0. The van der Waals surface area contributed by atoms with Gasteiger partial charge in [-0.05, 0) is 27.5 Å². The highest BCUT2D eigenvalue weighted by atomic mass is 32.2. The fourth-order valence-electron chi connectivity index (χ4n) is 3.11. The monoisotopic (exact) mass is 497 g/mol. The van der Waals surface area contributed by atoms with Gasteiger partial charge in [-0.25, -0.2) is 9.48 Å². The maximum atomic E-state index is 12.8. The van der Waals surface area contributed by atoms with Crippen molar-refractivity contribution in [1.82, 2.24) is 34.8 Å². The summed E-state index contributed by atoms with van der Waals surface area (Å²) in [4.78, 5) is 38.4. The molecule has 0 bridgehead atoms. The van der Waals surface area contributed by atoms with Gasteiger partial charge >= 0.3 is 5.97 Å². The smallest absolute Gasteiger partial charge is 0.352 e. The molecule has 14 nitrogen and oxygen atoms in total. The van der Waals surface area contributed by atoms with E-state index in [9.17, 15) is 24.7 Å². The highest BCUT2D eigenvalue weighted by molar-refractivity contribution is 8.01. The predicted molar refractivity (Wildman–Crippen MR) is 114 cm³/mol. The van der Waals surface area contributed by atoms with Crippen molar-refractivity contribution >= 4 is 63.6 Å². The summed E-state index contributed by atoms with van der Waals surface area (Å²) in [6, 6.07) is 0.387. The highest BCUT2D eigenvalue weighted by Gasteiger charge is 2.54. The summed E-state index contributed by atoms with van der Waals surface area (Å²) in [5.41, 5.74) is 5.69. The molecule has 0 aliphatic carbocycles. The fraction of sp³-hybridized carbons (Fsp3) is 0.333. The molecule has 0 spiro atoms. The van der Waals surface area contributed by atoms with Crippen molar-refractivity contribution in [3.05, 3.63) is 23.0 Å². The van der Waals surface area contributed by atoms with Gasteiger partial charge in [0.25, 0.3) is 11.8 Å². The number of aromatic nitrogens is 5. The average Bonchev–Trinajstić information content (AvgIpc) is 3.37. The number of thioether (sulfide) groups is 2. The number of tetrazole rings is 1. The summed E-state index contributed by atoms with van der Waals surface area (Å²) >= 11 is 3.49. The lowest BCUT2D eigenvalue weighted by Gasteiger charge is -2.49. The Labute approximate surface area is 192 Å². The molecule has 5 N–H and O–H groups in total. The number of aryl methyl sites for hydroxylation is 1. The number of hydrogen-bond acceptors (Lipinski definition) is 13. The van der Waals surface area contributed by atoms with Crippen LogP contribution in [0.2, 0.25) is 0 Å². The van der Waals surface area contributed by atoms with E-state index in [2.05, 4.69) is 30.4 Å². The second-order valence-electron chi connectivity index (χ2n) is 6.56. The third-order valence-corrected chi connectivity index (χ3v) is 7.63. The number of nitrogen functional groups attached to an aromatic ring is 1. The van der Waals surface area contributed by atoms with Crippen LogP contribution in [0.5, 0.6) is 0 Å². The lowest BCUT2D eigenvalue weighted by molar-refractivity contribution is -0.150. The number of carboxylic acid groups (broad SMARTS) is 1. The number of nitrogens with one attached hydrogen (secondary N) is 1. The number of hydrogen-bond donors (Lipinski definition) is 4. The molecule has 0 unspecified atom stereocenters. The lowest BCUT2D eigenvalue weighted by Crippen LogP contribution is -2.71. The van der Waals surface area contributed by atoms with Crippen LogP contribution < -0.4 is 11.1 Å². The van der Waals surface area contributed by atoms with E-state index in [-0.39, 0.29) is 17.1 Å². The van der Waals surface area contributed by atoms with E-state index in [1.807, 2.05) is 0 Å². The van der Waals surface area contributed by atoms with E-state index in [4.69, 9.17) is 5.73 Å². The van der Waals surface area contributed by atoms with Crippen molar-refractivity contribution in [2.45, 2.75) is 16.6 Å². The van der Waals surface area contributed by atoms with Gasteiger partial charge in [-0.1, -0.05) is 16.9 Å². The molecule has 2 aliphatic heterocycles. The number of anilines is 1. The molecular weight excluding hydrogens is 482 g/mol. The predicted octanol–water partition coefficient (Wildman–Crippen LogP) is -1.04. The highest BCUT2D eigenvalue weighted by Crippen LogP contribution is 2.41.